The van der Waals surface area contributed by atoms with Crippen molar-refractivity contribution < 1.29 is 14.8 Å². The molecule has 2 aromatic carbocycles. The maximum Gasteiger partial charge on any atom is 0.270 e. The van der Waals surface area contributed by atoms with Crippen LogP contribution in [-0.4, -0.2) is 53.6 Å². The van der Waals surface area contributed by atoms with Crippen LogP contribution in [0, 0.1) is 10.1 Å². The highest BCUT2D eigenvalue weighted by molar-refractivity contribution is 9.10. The number of anilines is 2. The van der Waals surface area contributed by atoms with Crippen LogP contribution in [0.25, 0.3) is 0 Å². The average molecular weight is 435 g/mol. The van der Waals surface area contributed by atoms with Crippen molar-refractivity contribution in [3.8, 4) is 5.75 Å². The molecule has 9 heteroatoms. The number of nitro groups is 1. The lowest BCUT2D eigenvalue weighted by Gasteiger charge is -2.35. The van der Waals surface area contributed by atoms with E-state index in [1.165, 1.54) is 18.2 Å². The molecule has 0 aliphatic carbocycles. The van der Waals surface area contributed by atoms with Gasteiger partial charge in [0.15, 0.2) is 0 Å². The average Bonchev–Trinajstić information content (AvgIpc) is 2.64. The lowest BCUT2D eigenvalue weighted by atomic mass is 10.2. The molecule has 1 heterocycles. The van der Waals surface area contributed by atoms with Crippen LogP contribution < -0.4 is 10.2 Å². The standard InChI is InChI=1S/C18H19BrN4O4/c19-16-11-14(23(26)27)3-6-17(16)20-18(25)12-21-7-9-22(10-8-21)13-1-4-15(24)5-2-13/h1-6,11,24H,7-10,12H2,(H,20,25). The number of hydrogen-bond donors (Lipinski definition) is 2. The molecule has 0 unspecified atom stereocenters. The summed E-state index contributed by atoms with van der Waals surface area (Å²) >= 11 is 3.25. The van der Waals surface area contributed by atoms with Gasteiger partial charge in [0.2, 0.25) is 5.91 Å². The molecule has 1 saturated heterocycles. The number of phenolic OH excluding ortho intramolecular Hbond substituents is 1. The quantitative estimate of drug-likeness (QED) is 0.554. The minimum Gasteiger partial charge on any atom is -0.508 e. The largest absolute Gasteiger partial charge is 0.508 e. The monoisotopic (exact) mass is 434 g/mol. The molecule has 1 amide bonds. The molecular weight excluding hydrogens is 416 g/mol. The normalized spacial score (nSPS) is 14.8. The van der Waals surface area contributed by atoms with E-state index < -0.39 is 4.92 Å². The van der Waals surface area contributed by atoms with Crippen molar-refractivity contribution >= 4 is 38.9 Å². The topological polar surface area (TPSA) is 99.0 Å². The summed E-state index contributed by atoms with van der Waals surface area (Å²) in [7, 11) is 0. The third-order valence-corrected chi connectivity index (χ3v) is 5.05. The van der Waals surface area contributed by atoms with Crippen LogP contribution in [0.4, 0.5) is 17.1 Å². The Kier molecular flexibility index (Phi) is 5.92. The number of carbonyl (C=O) groups excluding carboxylic acids is 1. The second-order valence-corrected chi connectivity index (χ2v) is 7.10. The van der Waals surface area contributed by atoms with E-state index in [4.69, 9.17) is 0 Å². The van der Waals surface area contributed by atoms with Crippen LogP contribution >= 0.6 is 15.9 Å². The van der Waals surface area contributed by atoms with E-state index >= 15 is 0 Å². The van der Waals surface area contributed by atoms with Gasteiger partial charge in [0.05, 0.1) is 17.2 Å². The molecule has 1 aliphatic rings. The lowest BCUT2D eigenvalue weighted by molar-refractivity contribution is -0.384. The number of rotatable bonds is 5. The van der Waals surface area contributed by atoms with Gasteiger partial charge < -0.3 is 15.3 Å². The molecule has 0 atom stereocenters. The number of hydrogen-bond acceptors (Lipinski definition) is 6. The first kappa shape index (κ1) is 19.1. The van der Waals surface area contributed by atoms with Gasteiger partial charge in [-0.25, -0.2) is 0 Å². The van der Waals surface area contributed by atoms with Crippen molar-refractivity contribution in [3.05, 3.63) is 57.1 Å². The van der Waals surface area contributed by atoms with Gasteiger partial charge in [0, 0.05) is 48.5 Å². The predicted molar refractivity (Wildman–Crippen MR) is 106 cm³/mol. The smallest absolute Gasteiger partial charge is 0.270 e. The number of phenols is 1. The van der Waals surface area contributed by atoms with Gasteiger partial charge in [0.25, 0.3) is 5.69 Å². The molecule has 0 spiro atoms. The molecule has 1 fully saturated rings. The maximum absolute atomic E-state index is 12.3. The number of carbonyl (C=O) groups is 1. The molecule has 142 valence electrons. The number of nitrogens with one attached hydrogen (secondary N) is 1. The molecule has 27 heavy (non-hydrogen) atoms. The summed E-state index contributed by atoms with van der Waals surface area (Å²) in [4.78, 5) is 26.8. The fourth-order valence-corrected chi connectivity index (χ4v) is 3.41. The Morgan fingerprint density at radius 3 is 2.41 bits per heavy atom. The zero-order valence-electron chi connectivity index (χ0n) is 14.5. The van der Waals surface area contributed by atoms with Gasteiger partial charge in [-0.2, -0.15) is 0 Å². The van der Waals surface area contributed by atoms with E-state index in [2.05, 4.69) is 31.0 Å². The number of nitro benzene ring substituents is 1. The van der Waals surface area contributed by atoms with Crippen LogP contribution in [0.15, 0.2) is 46.9 Å². The molecule has 2 N–H and O–H groups in total. The third kappa shape index (κ3) is 4.95. The molecule has 1 aliphatic heterocycles. The Hall–Kier alpha value is -2.65. The fraction of sp³-hybridized carbons (Fsp3) is 0.278. The minimum atomic E-state index is -0.482. The summed E-state index contributed by atoms with van der Waals surface area (Å²) in [5.41, 5.74) is 1.52. The highest BCUT2D eigenvalue weighted by atomic mass is 79.9. The number of non-ortho nitro benzene ring substituents is 1. The number of amides is 1. The van der Waals surface area contributed by atoms with Crippen LogP contribution in [0.3, 0.4) is 0 Å². The van der Waals surface area contributed by atoms with Gasteiger partial charge in [-0.15, -0.1) is 0 Å². The zero-order chi connectivity index (χ0) is 19.4. The van der Waals surface area contributed by atoms with Crippen LogP contribution in [-0.2, 0) is 4.79 Å². The van der Waals surface area contributed by atoms with Gasteiger partial charge >= 0.3 is 0 Å². The zero-order valence-corrected chi connectivity index (χ0v) is 16.1. The molecule has 0 radical (unpaired) electrons. The van der Waals surface area contributed by atoms with Crippen molar-refractivity contribution in [3.63, 3.8) is 0 Å². The summed E-state index contributed by atoms with van der Waals surface area (Å²) in [6, 6.07) is 11.3. The van der Waals surface area contributed by atoms with E-state index in [1.807, 2.05) is 12.1 Å². The Morgan fingerprint density at radius 2 is 1.81 bits per heavy atom. The lowest BCUT2D eigenvalue weighted by Crippen LogP contribution is -2.48. The Morgan fingerprint density at radius 1 is 1.15 bits per heavy atom. The Balaban J connectivity index is 1.51. The van der Waals surface area contributed by atoms with Crippen molar-refractivity contribution in [2.45, 2.75) is 0 Å². The van der Waals surface area contributed by atoms with Gasteiger partial charge in [-0.1, -0.05) is 0 Å². The summed E-state index contributed by atoms with van der Waals surface area (Å²) in [5.74, 6) is 0.0779. The number of piperazine rings is 1. The molecule has 0 saturated carbocycles. The van der Waals surface area contributed by atoms with Crippen molar-refractivity contribution in [1.29, 1.82) is 0 Å². The van der Waals surface area contributed by atoms with E-state index in [1.54, 1.807) is 12.1 Å². The SMILES string of the molecule is O=C(CN1CCN(c2ccc(O)cc2)CC1)Nc1ccc([N+](=O)[O-])cc1Br. The highest BCUT2D eigenvalue weighted by Crippen LogP contribution is 2.27. The first-order chi connectivity index (χ1) is 12.9. The first-order valence-corrected chi connectivity index (χ1v) is 9.22. The molecular formula is C18H19BrN4O4. The van der Waals surface area contributed by atoms with Gasteiger partial charge in [-0.3, -0.25) is 19.8 Å². The van der Waals surface area contributed by atoms with Crippen molar-refractivity contribution in [1.82, 2.24) is 4.90 Å². The van der Waals surface area contributed by atoms with Crippen LogP contribution in [0.2, 0.25) is 0 Å². The van der Waals surface area contributed by atoms with Gasteiger partial charge in [0.1, 0.15) is 5.75 Å². The first-order valence-electron chi connectivity index (χ1n) is 8.42. The summed E-state index contributed by atoms with van der Waals surface area (Å²) < 4.78 is 0.474. The van der Waals surface area contributed by atoms with E-state index in [-0.39, 0.29) is 23.9 Å². The molecule has 8 nitrogen and oxygen atoms in total. The molecule has 0 bridgehead atoms. The predicted octanol–water partition coefficient (Wildman–Crippen LogP) is 2.82. The second kappa shape index (κ2) is 8.36. The fourth-order valence-electron chi connectivity index (χ4n) is 2.94. The number of halogens is 1. The molecule has 0 aromatic heterocycles. The van der Waals surface area contributed by atoms with Crippen LogP contribution in [0.5, 0.6) is 5.75 Å². The van der Waals surface area contributed by atoms with E-state index in [0.29, 0.717) is 10.2 Å². The summed E-state index contributed by atoms with van der Waals surface area (Å²) in [5, 5.41) is 22.9. The molecule has 2 aromatic rings. The van der Waals surface area contributed by atoms with E-state index in [9.17, 15) is 20.0 Å². The van der Waals surface area contributed by atoms with Crippen molar-refractivity contribution in [2.24, 2.45) is 0 Å². The Bertz CT molecular complexity index is 836. The number of aromatic hydroxyl groups is 1. The van der Waals surface area contributed by atoms with E-state index in [0.717, 1.165) is 31.9 Å². The van der Waals surface area contributed by atoms with Gasteiger partial charge in [-0.05, 0) is 46.3 Å². The van der Waals surface area contributed by atoms with Crippen LogP contribution in [0.1, 0.15) is 0 Å². The Labute approximate surface area is 164 Å². The second-order valence-electron chi connectivity index (χ2n) is 6.25. The maximum atomic E-state index is 12.3. The number of benzene rings is 2. The summed E-state index contributed by atoms with van der Waals surface area (Å²) in [6.45, 7) is 3.33. The minimum absolute atomic E-state index is 0.0368. The summed E-state index contributed by atoms with van der Waals surface area (Å²) in [6.07, 6.45) is 0. The molecule has 3 rings (SSSR count). The highest BCUT2D eigenvalue weighted by Gasteiger charge is 2.20. The van der Waals surface area contributed by atoms with Crippen molar-refractivity contribution in [2.75, 3.05) is 42.9 Å². The number of nitrogens with zero attached hydrogens (tertiary/aromatic N) is 3. The third-order valence-electron chi connectivity index (χ3n) is 4.39.